The molecule has 0 atom stereocenters. The summed E-state index contributed by atoms with van der Waals surface area (Å²) in [6.07, 6.45) is 5.95. The minimum absolute atomic E-state index is 0.0833. The minimum Gasteiger partial charge on any atom is -0.485 e. The average molecular weight is 518 g/mol. The van der Waals surface area contributed by atoms with Crippen molar-refractivity contribution in [2.45, 2.75) is 41.2 Å². The smallest absolute Gasteiger partial charge is 0.277 e. The first-order chi connectivity index (χ1) is 16.4. The lowest BCUT2D eigenvalue weighted by atomic mass is 9.90. The van der Waals surface area contributed by atoms with Crippen LogP contribution in [0.4, 0.5) is 10.2 Å². The molecule has 35 heavy (non-hydrogen) atoms. The molecule has 3 heterocycles. The summed E-state index contributed by atoms with van der Waals surface area (Å²) in [5.41, 5.74) is 1.94. The van der Waals surface area contributed by atoms with E-state index < -0.39 is 11.4 Å². The van der Waals surface area contributed by atoms with E-state index in [4.69, 9.17) is 33.3 Å². The SMILES string of the molecule is Cc1c(-n2c(C)cc(OCc3ncc(F)cc3Cl)c(Cl)c2=O)ccnc1N/C=C\C(=N)C(C)(C)C. The van der Waals surface area contributed by atoms with Gasteiger partial charge < -0.3 is 15.5 Å². The van der Waals surface area contributed by atoms with Crippen molar-refractivity contribution >= 4 is 34.7 Å². The predicted molar refractivity (Wildman–Crippen MR) is 138 cm³/mol. The van der Waals surface area contributed by atoms with Crippen LogP contribution in [0, 0.1) is 30.5 Å². The van der Waals surface area contributed by atoms with Gasteiger partial charge in [-0.15, -0.1) is 0 Å². The summed E-state index contributed by atoms with van der Waals surface area (Å²) in [6.45, 7) is 9.38. The Kier molecular flexibility index (Phi) is 7.97. The molecule has 0 fully saturated rings. The van der Waals surface area contributed by atoms with E-state index in [9.17, 15) is 9.18 Å². The number of nitrogens with zero attached hydrogens (tertiary/aromatic N) is 3. The molecule has 0 bridgehead atoms. The summed E-state index contributed by atoms with van der Waals surface area (Å²) in [5.74, 6) is 0.154. The van der Waals surface area contributed by atoms with Gasteiger partial charge in [0.25, 0.3) is 5.56 Å². The van der Waals surface area contributed by atoms with E-state index >= 15 is 0 Å². The van der Waals surface area contributed by atoms with Crippen LogP contribution in [0.5, 0.6) is 5.75 Å². The number of ether oxygens (including phenoxy) is 1. The van der Waals surface area contributed by atoms with Gasteiger partial charge in [0.1, 0.15) is 29.0 Å². The lowest BCUT2D eigenvalue weighted by Gasteiger charge is -2.18. The van der Waals surface area contributed by atoms with Gasteiger partial charge >= 0.3 is 0 Å². The molecular weight excluding hydrogens is 492 g/mol. The minimum atomic E-state index is -0.556. The van der Waals surface area contributed by atoms with Crippen molar-refractivity contribution in [3.8, 4) is 11.4 Å². The molecule has 184 valence electrons. The number of aromatic nitrogens is 3. The Bertz CT molecular complexity index is 1360. The molecule has 0 saturated heterocycles. The largest absolute Gasteiger partial charge is 0.485 e. The highest BCUT2D eigenvalue weighted by molar-refractivity contribution is 6.32. The van der Waals surface area contributed by atoms with E-state index in [1.807, 2.05) is 27.7 Å². The molecule has 0 saturated carbocycles. The number of pyridine rings is 3. The van der Waals surface area contributed by atoms with Crippen molar-refractivity contribution in [2.75, 3.05) is 5.32 Å². The molecule has 3 aromatic rings. The molecule has 0 amide bonds. The van der Waals surface area contributed by atoms with Crippen molar-refractivity contribution in [1.82, 2.24) is 14.5 Å². The lowest BCUT2D eigenvalue weighted by molar-refractivity contribution is 0.300. The van der Waals surface area contributed by atoms with Crippen LogP contribution in [0.3, 0.4) is 0 Å². The molecule has 0 aliphatic rings. The van der Waals surface area contributed by atoms with E-state index in [1.54, 1.807) is 37.5 Å². The van der Waals surface area contributed by atoms with E-state index in [-0.39, 0.29) is 27.8 Å². The van der Waals surface area contributed by atoms with E-state index in [1.165, 1.54) is 4.57 Å². The molecule has 10 heteroatoms. The Morgan fingerprint density at radius 3 is 2.63 bits per heavy atom. The second-order valence-corrected chi connectivity index (χ2v) is 9.71. The molecule has 0 aliphatic heterocycles. The zero-order valence-corrected chi connectivity index (χ0v) is 21.6. The molecule has 3 rings (SSSR count). The molecule has 0 aromatic carbocycles. The maximum absolute atomic E-state index is 13.2. The number of hydrogen-bond donors (Lipinski definition) is 2. The second kappa shape index (κ2) is 10.6. The number of anilines is 1. The van der Waals surface area contributed by atoms with E-state index in [0.29, 0.717) is 28.6 Å². The van der Waals surface area contributed by atoms with Crippen LogP contribution in [-0.4, -0.2) is 20.2 Å². The number of allylic oxidation sites excluding steroid dienone is 1. The topological polar surface area (TPSA) is 92.9 Å². The molecule has 0 spiro atoms. The quantitative estimate of drug-likeness (QED) is 0.360. The first-order valence-corrected chi connectivity index (χ1v) is 11.5. The van der Waals surface area contributed by atoms with Gasteiger partial charge in [0, 0.05) is 40.8 Å². The number of halogens is 3. The van der Waals surface area contributed by atoms with Crippen molar-refractivity contribution < 1.29 is 9.13 Å². The van der Waals surface area contributed by atoms with Crippen LogP contribution in [0.1, 0.15) is 37.7 Å². The van der Waals surface area contributed by atoms with Gasteiger partial charge in [0.05, 0.1) is 22.6 Å². The summed E-state index contributed by atoms with van der Waals surface area (Å²) in [4.78, 5) is 21.4. The summed E-state index contributed by atoms with van der Waals surface area (Å²) < 4.78 is 20.4. The lowest BCUT2D eigenvalue weighted by Crippen LogP contribution is -2.23. The van der Waals surface area contributed by atoms with Gasteiger partial charge in [-0.3, -0.25) is 14.3 Å². The zero-order chi connectivity index (χ0) is 25.9. The number of aryl methyl sites for hydroxylation is 1. The Morgan fingerprint density at radius 1 is 1.26 bits per heavy atom. The van der Waals surface area contributed by atoms with Crippen LogP contribution in [0.25, 0.3) is 5.69 Å². The van der Waals surface area contributed by atoms with Gasteiger partial charge in [-0.2, -0.15) is 0 Å². The third-order valence-corrected chi connectivity index (χ3v) is 5.92. The number of hydrogen-bond acceptors (Lipinski definition) is 6. The van der Waals surface area contributed by atoms with Crippen LogP contribution >= 0.6 is 23.2 Å². The highest BCUT2D eigenvalue weighted by atomic mass is 35.5. The van der Waals surface area contributed by atoms with Crippen LogP contribution in [0.15, 0.2) is 47.7 Å². The van der Waals surface area contributed by atoms with Gasteiger partial charge in [0.2, 0.25) is 0 Å². The zero-order valence-electron chi connectivity index (χ0n) is 20.0. The van der Waals surface area contributed by atoms with E-state index in [0.717, 1.165) is 17.8 Å². The Balaban J connectivity index is 1.89. The molecule has 0 aliphatic carbocycles. The highest BCUT2D eigenvalue weighted by Gasteiger charge is 2.18. The Morgan fingerprint density at radius 2 is 1.97 bits per heavy atom. The maximum atomic E-state index is 13.2. The monoisotopic (exact) mass is 517 g/mol. The molecule has 0 radical (unpaired) electrons. The summed E-state index contributed by atoms with van der Waals surface area (Å²) >= 11 is 12.4. The molecule has 0 unspecified atom stereocenters. The van der Waals surface area contributed by atoms with Crippen LogP contribution < -0.4 is 15.6 Å². The van der Waals surface area contributed by atoms with Crippen molar-refractivity contribution in [3.63, 3.8) is 0 Å². The number of nitrogens with one attached hydrogen (secondary N) is 2. The van der Waals surface area contributed by atoms with E-state index in [2.05, 4.69) is 15.3 Å². The van der Waals surface area contributed by atoms with Gasteiger partial charge in [-0.25, -0.2) is 9.37 Å². The second-order valence-electron chi connectivity index (χ2n) is 8.92. The fourth-order valence-corrected chi connectivity index (χ4v) is 3.55. The number of rotatable bonds is 7. The predicted octanol–water partition coefficient (Wildman–Crippen LogP) is 6.26. The first-order valence-electron chi connectivity index (χ1n) is 10.7. The molecule has 2 N–H and O–H groups in total. The Labute approximate surface area is 213 Å². The van der Waals surface area contributed by atoms with Crippen molar-refractivity contribution in [3.05, 3.63) is 86.0 Å². The van der Waals surface area contributed by atoms with Gasteiger partial charge in [0.15, 0.2) is 0 Å². The normalized spacial score (nSPS) is 11.7. The van der Waals surface area contributed by atoms with Crippen molar-refractivity contribution in [1.29, 1.82) is 5.41 Å². The summed E-state index contributed by atoms with van der Waals surface area (Å²) in [5, 5.41) is 11.2. The van der Waals surface area contributed by atoms with Gasteiger partial charge in [-0.1, -0.05) is 44.0 Å². The molecule has 3 aromatic heterocycles. The summed E-state index contributed by atoms with van der Waals surface area (Å²) in [7, 11) is 0. The first kappa shape index (κ1) is 26.4. The van der Waals surface area contributed by atoms with Crippen molar-refractivity contribution in [2.24, 2.45) is 5.41 Å². The Hall–Kier alpha value is -3.23. The van der Waals surface area contributed by atoms with Crippen LogP contribution in [-0.2, 0) is 6.61 Å². The average Bonchev–Trinajstić information content (AvgIpc) is 2.77. The standard InChI is InChI=1S/C25H26Cl2FN5O2/c1-14-10-20(35-13-18-17(26)11-16(28)12-32-18)22(27)24(34)33(14)19-6-8-30-23(15(19)2)31-9-7-21(29)25(3,4)5/h6-12,29H,13H2,1-5H3,(H,30,31)/b9-7-,29-21?. The maximum Gasteiger partial charge on any atom is 0.277 e. The molecular formula is C25H26Cl2FN5O2. The van der Waals surface area contributed by atoms with Crippen LogP contribution in [0.2, 0.25) is 10.0 Å². The fourth-order valence-electron chi connectivity index (χ4n) is 3.15. The highest BCUT2D eigenvalue weighted by Crippen LogP contribution is 2.27. The molecule has 7 nitrogen and oxygen atoms in total. The third kappa shape index (κ3) is 6.07. The third-order valence-electron chi connectivity index (χ3n) is 5.24. The summed E-state index contributed by atoms with van der Waals surface area (Å²) in [6, 6.07) is 4.49. The van der Waals surface area contributed by atoms with Gasteiger partial charge in [-0.05, 0) is 32.1 Å². The fraction of sp³-hybridized carbons (Fsp3) is 0.280.